The summed E-state index contributed by atoms with van der Waals surface area (Å²) in [5.74, 6) is -1.80. The largest absolute Gasteiger partial charge is 0.544 e. The topological polar surface area (TPSA) is 102 Å². The van der Waals surface area contributed by atoms with Gasteiger partial charge in [0, 0.05) is 19.3 Å². The highest BCUT2D eigenvalue weighted by Crippen LogP contribution is 2.14. The van der Waals surface area contributed by atoms with Gasteiger partial charge in [0.15, 0.2) is 6.10 Å². The van der Waals surface area contributed by atoms with Crippen molar-refractivity contribution < 1.29 is 38.2 Å². The van der Waals surface area contributed by atoms with Gasteiger partial charge in [-0.05, 0) is 38.5 Å². The van der Waals surface area contributed by atoms with Gasteiger partial charge in [0.25, 0.3) is 0 Å². The van der Waals surface area contributed by atoms with Crippen LogP contribution < -0.4 is 5.11 Å². The molecule has 0 heterocycles. The Bertz CT molecular complexity index is 778. The first kappa shape index (κ1) is 44.1. The summed E-state index contributed by atoms with van der Waals surface area (Å²) >= 11 is 0. The Hall–Kier alpha value is -1.93. The highest BCUT2D eigenvalue weighted by molar-refractivity contribution is 5.70. The predicted molar refractivity (Wildman–Crippen MR) is 185 cm³/mol. The number of ether oxygens (including phenoxy) is 3. The Morgan fingerprint density at radius 2 is 1.13 bits per heavy atom. The van der Waals surface area contributed by atoms with E-state index in [2.05, 4.69) is 19.1 Å². The van der Waals surface area contributed by atoms with Crippen LogP contribution in [0.2, 0.25) is 0 Å². The van der Waals surface area contributed by atoms with Crippen molar-refractivity contribution in [2.24, 2.45) is 0 Å². The van der Waals surface area contributed by atoms with Gasteiger partial charge in [-0.2, -0.15) is 0 Å². The number of nitrogens with zero attached hydrogens (tertiary/aromatic N) is 1. The molecular weight excluding hydrogens is 582 g/mol. The first-order valence-corrected chi connectivity index (χ1v) is 18.7. The van der Waals surface area contributed by atoms with Crippen LogP contribution in [-0.2, 0) is 28.6 Å². The van der Waals surface area contributed by atoms with Crippen LogP contribution in [-0.4, -0.2) is 75.5 Å². The lowest BCUT2D eigenvalue weighted by Gasteiger charge is -2.34. The minimum absolute atomic E-state index is 0.0393. The molecule has 8 nitrogen and oxygen atoms in total. The van der Waals surface area contributed by atoms with Crippen LogP contribution in [0.5, 0.6) is 0 Å². The van der Waals surface area contributed by atoms with Crippen molar-refractivity contribution in [1.29, 1.82) is 0 Å². The molecule has 0 aromatic heterocycles. The van der Waals surface area contributed by atoms with Crippen molar-refractivity contribution in [3.63, 3.8) is 0 Å². The van der Waals surface area contributed by atoms with Gasteiger partial charge >= 0.3 is 11.9 Å². The molecule has 46 heavy (non-hydrogen) atoms. The lowest BCUT2D eigenvalue weighted by molar-refractivity contribution is -0.889. The van der Waals surface area contributed by atoms with Gasteiger partial charge in [0.05, 0.1) is 40.3 Å². The molecule has 0 spiro atoms. The second-order valence-electron chi connectivity index (χ2n) is 13.8. The van der Waals surface area contributed by atoms with E-state index in [4.69, 9.17) is 14.2 Å². The highest BCUT2D eigenvalue weighted by Gasteiger charge is 2.25. The maximum Gasteiger partial charge on any atom is 0.306 e. The summed E-state index contributed by atoms with van der Waals surface area (Å²) in [5.41, 5.74) is 0. The number of hydrogen-bond acceptors (Lipinski definition) is 7. The Kier molecular flexibility index (Phi) is 29.1. The van der Waals surface area contributed by atoms with E-state index in [0.29, 0.717) is 19.3 Å². The number of carboxylic acid groups (broad SMARTS) is 1. The van der Waals surface area contributed by atoms with Crippen LogP contribution in [0.3, 0.4) is 0 Å². The van der Waals surface area contributed by atoms with E-state index in [1.54, 1.807) is 21.1 Å². The number of aliphatic carboxylic acids is 1. The molecule has 2 atom stereocenters. The molecular formula is C38H71NO7. The van der Waals surface area contributed by atoms with Crippen LogP contribution in [0.25, 0.3) is 0 Å². The standard InChI is InChI=1S/C38H71NO7/c1-6-8-9-10-11-12-13-14-15-16-17-18-19-20-21-22-23-24-25-26-27-29-37(41)46-34(33-45-36(40)28-7-2)32-44-31-30-35(38(42)43)39(3,4)5/h16-17,34-35H,6-15,18-33H2,1-5H3/b17-16-. The molecule has 8 heteroatoms. The number of hydrogen-bond donors (Lipinski definition) is 0. The first-order chi connectivity index (χ1) is 22.1. The van der Waals surface area contributed by atoms with E-state index in [0.717, 1.165) is 19.3 Å². The van der Waals surface area contributed by atoms with E-state index in [1.807, 2.05) is 6.92 Å². The fourth-order valence-electron chi connectivity index (χ4n) is 5.46. The summed E-state index contributed by atoms with van der Waals surface area (Å²) < 4.78 is 16.7. The van der Waals surface area contributed by atoms with Crippen molar-refractivity contribution in [3.05, 3.63) is 12.2 Å². The first-order valence-electron chi connectivity index (χ1n) is 18.7. The van der Waals surface area contributed by atoms with Crippen LogP contribution in [0.1, 0.15) is 162 Å². The van der Waals surface area contributed by atoms with Gasteiger partial charge in [-0.3, -0.25) is 9.59 Å². The Balaban J connectivity index is 3.95. The number of carboxylic acids is 1. The second-order valence-corrected chi connectivity index (χ2v) is 13.8. The molecule has 0 aliphatic rings. The summed E-state index contributed by atoms with van der Waals surface area (Å²) in [6.07, 6.45) is 29.6. The number of unbranched alkanes of at least 4 members (excludes halogenated alkanes) is 17. The highest BCUT2D eigenvalue weighted by atomic mass is 16.6. The second kappa shape index (κ2) is 30.4. The molecule has 0 rings (SSSR count). The van der Waals surface area contributed by atoms with E-state index < -0.39 is 18.1 Å². The van der Waals surface area contributed by atoms with E-state index in [1.165, 1.54) is 103 Å². The third-order valence-electron chi connectivity index (χ3n) is 8.37. The fourth-order valence-corrected chi connectivity index (χ4v) is 5.46. The summed E-state index contributed by atoms with van der Waals surface area (Å²) in [7, 11) is 5.37. The molecule has 0 N–H and O–H groups in total. The smallest absolute Gasteiger partial charge is 0.306 e. The monoisotopic (exact) mass is 654 g/mol. The number of esters is 2. The number of rotatable bonds is 33. The number of carbonyl (C=O) groups excluding carboxylic acids is 3. The van der Waals surface area contributed by atoms with Gasteiger partial charge in [-0.1, -0.05) is 116 Å². The third kappa shape index (κ3) is 28.3. The molecule has 0 bridgehead atoms. The number of quaternary nitrogens is 1. The zero-order valence-corrected chi connectivity index (χ0v) is 30.5. The lowest BCUT2D eigenvalue weighted by atomic mass is 10.1. The number of allylic oxidation sites excluding steroid dienone is 2. The summed E-state index contributed by atoms with van der Waals surface area (Å²) in [5, 5.41) is 11.5. The van der Waals surface area contributed by atoms with Crippen molar-refractivity contribution >= 4 is 17.9 Å². The van der Waals surface area contributed by atoms with Gasteiger partial charge < -0.3 is 28.6 Å². The zero-order valence-electron chi connectivity index (χ0n) is 30.5. The molecule has 0 radical (unpaired) electrons. The maximum atomic E-state index is 12.5. The molecule has 0 aliphatic carbocycles. The van der Waals surface area contributed by atoms with Crippen molar-refractivity contribution in [2.75, 3.05) is 41.0 Å². The Morgan fingerprint density at radius 3 is 1.61 bits per heavy atom. The number of carbonyl (C=O) groups is 3. The average molecular weight is 654 g/mol. The predicted octanol–water partition coefficient (Wildman–Crippen LogP) is 7.85. The van der Waals surface area contributed by atoms with Gasteiger partial charge in [0.2, 0.25) is 0 Å². The molecule has 0 amide bonds. The summed E-state index contributed by atoms with van der Waals surface area (Å²) in [6.45, 7) is 4.30. The molecule has 0 aliphatic heterocycles. The van der Waals surface area contributed by atoms with E-state index in [-0.39, 0.29) is 42.7 Å². The van der Waals surface area contributed by atoms with Crippen molar-refractivity contribution in [2.45, 2.75) is 174 Å². The molecule has 0 aromatic carbocycles. The minimum atomic E-state index is -1.13. The zero-order chi connectivity index (χ0) is 34.3. The summed E-state index contributed by atoms with van der Waals surface area (Å²) in [4.78, 5) is 35.8. The quantitative estimate of drug-likeness (QED) is 0.0308. The van der Waals surface area contributed by atoms with Crippen LogP contribution >= 0.6 is 0 Å². The molecule has 2 unspecified atom stereocenters. The normalized spacial score (nSPS) is 13.2. The number of likely N-dealkylation sites (N-methyl/N-ethyl adjacent to an activating group) is 1. The SMILES string of the molecule is CCCCCCCCCC/C=C\CCCCCCCCCCCC(=O)OC(COCCC(C(=O)[O-])[N+](C)(C)C)COC(=O)CCC. The fraction of sp³-hybridized carbons (Fsp3) is 0.868. The molecule has 0 saturated heterocycles. The van der Waals surface area contributed by atoms with Crippen molar-refractivity contribution in [3.8, 4) is 0 Å². The van der Waals surface area contributed by atoms with E-state index in [9.17, 15) is 19.5 Å². The molecule has 0 fully saturated rings. The Labute approximate surface area is 282 Å². The lowest BCUT2D eigenvalue weighted by Crippen LogP contribution is -2.55. The third-order valence-corrected chi connectivity index (χ3v) is 8.37. The maximum absolute atomic E-state index is 12.5. The van der Waals surface area contributed by atoms with Crippen LogP contribution in [0.15, 0.2) is 12.2 Å². The minimum Gasteiger partial charge on any atom is -0.544 e. The van der Waals surface area contributed by atoms with Gasteiger partial charge in [0.1, 0.15) is 12.6 Å². The summed E-state index contributed by atoms with van der Waals surface area (Å²) in [6, 6.07) is -0.718. The van der Waals surface area contributed by atoms with Crippen LogP contribution in [0, 0.1) is 0 Å². The van der Waals surface area contributed by atoms with Gasteiger partial charge in [-0.15, -0.1) is 0 Å². The molecule has 0 aromatic rings. The molecule has 270 valence electrons. The van der Waals surface area contributed by atoms with E-state index >= 15 is 0 Å². The average Bonchev–Trinajstić information content (AvgIpc) is 2.99. The van der Waals surface area contributed by atoms with Gasteiger partial charge in [-0.25, -0.2) is 0 Å². The van der Waals surface area contributed by atoms with Crippen LogP contribution in [0.4, 0.5) is 0 Å². The molecule has 0 saturated carbocycles. The Morgan fingerprint density at radius 1 is 0.630 bits per heavy atom. The van der Waals surface area contributed by atoms with Crippen molar-refractivity contribution in [1.82, 2.24) is 0 Å².